The van der Waals surface area contributed by atoms with Crippen LogP contribution in [0.15, 0.2) is 55.1 Å². The third-order valence-electron chi connectivity index (χ3n) is 4.86. The summed E-state index contributed by atoms with van der Waals surface area (Å²) in [5.41, 5.74) is 3.93. The Labute approximate surface area is 169 Å². The second kappa shape index (κ2) is 8.05. The van der Waals surface area contributed by atoms with Gasteiger partial charge in [0.1, 0.15) is 37.1 Å². The van der Waals surface area contributed by atoms with Crippen molar-refractivity contribution >= 4 is 10.9 Å². The van der Waals surface area contributed by atoms with E-state index in [9.17, 15) is 4.39 Å². The van der Waals surface area contributed by atoms with Crippen LogP contribution in [-0.2, 0) is 20.1 Å². The summed E-state index contributed by atoms with van der Waals surface area (Å²) in [5, 5.41) is 5.75. The average molecular weight is 394 g/mol. The van der Waals surface area contributed by atoms with E-state index in [0.29, 0.717) is 18.9 Å². The van der Waals surface area contributed by atoms with Crippen molar-refractivity contribution in [3.63, 3.8) is 0 Å². The fourth-order valence-electron chi connectivity index (χ4n) is 3.50. The Hall–Kier alpha value is -3.19. The highest BCUT2D eigenvalue weighted by atomic mass is 19.1. The fourth-order valence-corrected chi connectivity index (χ4v) is 3.50. The molecule has 0 aliphatic rings. The number of halogens is 1. The molecular formula is C22H25FN5O+. The van der Waals surface area contributed by atoms with Gasteiger partial charge in [0.2, 0.25) is 6.33 Å². The molecule has 0 fully saturated rings. The standard InChI is InChI=1S/C22H24FN5O/c1-26(2)14-20-19-12-16(4-7-21(19)27(3)25-20)18-6-5-17(23)13-22(18)29-11-10-28-9-8-24-15-28/h4-9,12-13,15H,10-11,14H2,1-3H3/p+1. The Morgan fingerprint density at radius 3 is 2.83 bits per heavy atom. The molecule has 0 bridgehead atoms. The molecule has 0 unspecified atom stereocenters. The van der Waals surface area contributed by atoms with Crippen molar-refractivity contribution in [2.24, 2.45) is 7.05 Å². The smallest absolute Gasteiger partial charge is 0.241 e. The van der Waals surface area contributed by atoms with Crippen molar-refractivity contribution in [1.29, 1.82) is 0 Å². The molecule has 6 nitrogen and oxygen atoms in total. The molecule has 2 aromatic carbocycles. The minimum Gasteiger partial charge on any atom is -0.489 e. The number of hydrogen-bond acceptors (Lipinski definition) is 3. The quantitative estimate of drug-likeness (QED) is 0.490. The predicted octanol–water partition coefficient (Wildman–Crippen LogP) is 3.14. The van der Waals surface area contributed by atoms with E-state index in [1.807, 2.05) is 55.2 Å². The molecule has 0 saturated carbocycles. The first-order valence-electron chi connectivity index (χ1n) is 9.56. The number of nitrogens with zero attached hydrogens (tertiary/aromatic N) is 4. The number of aromatic nitrogens is 4. The van der Waals surface area contributed by atoms with E-state index in [0.717, 1.165) is 34.3 Å². The number of benzene rings is 2. The van der Waals surface area contributed by atoms with Gasteiger partial charge in [0, 0.05) is 30.6 Å². The van der Waals surface area contributed by atoms with Gasteiger partial charge in [0.05, 0.1) is 11.2 Å². The van der Waals surface area contributed by atoms with Gasteiger partial charge in [-0.05, 0) is 43.9 Å². The lowest BCUT2D eigenvalue weighted by atomic mass is 10.0. The molecule has 0 amide bonds. The van der Waals surface area contributed by atoms with Crippen LogP contribution in [0.3, 0.4) is 0 Å². The third-order valence-corrected chi connectivity index (χ3v) is 4.86. The summed E-state index contributed by atoms with van der Waals surface area (Å²) in [6.45, 7) is 1.87. The normalized spacial score (nSPS) is 11.5. The molecule has 0 saturated heterocycles. The van der Waals surface area contributed by atoms with Gasteiger partial charge in [0.15, 0.2) is 0 Å². The molecule has 0 spiro atoms. The van der Waals surface area contributed by atoms with E-state index < -0.39 is 0 Å². The van der Waals surface area contributed by atoms with E-state index in [-0.39, 0.29) is 5.82 Å². The molecule has 0 atom stereocenters. The van der Waals surface area contributed by atoms with Crippen LogP contribution in [0.4, 0.5) is 4.39 Å². The zero-order valence-corrected chi connectivity index (χ0v) is 16.9. The molecule has 4 rings (SSSR count). The highest BCUT2D eigenvalue weighted by Gasteiger charge is 2.14. The first-order chi connectivity index (χ1) is 14.0. The van der Waals surface area contributed by atoms with Crippen molar-refractivity contribution < 1.29 is 13.7 Å². The number of imidazole rings is 1. The first kappa shape index (κ1) is 19.1. The van der Waals surface area contributed by atoms with Crippen molar-refractivity contribution in [3.8, 4) is 16.9 Å². The van der Waals surface area contributed by atoms with Gasteiger partial charge in [-0.2, -0.15) is 5.10 Å². The molecule has 2 aromatic heterocycles. The number of hydrogen-bond donors (Lipinski definition) is 1. The summed E-state index contributed by atoms with van der Waals surface area (Å²) in [6, 6.07) is 10.9. The summed E-state index contributed by atoms with van der Waals surface area (Å²) in [7, 11) is 6.00. The summed E-state index contributed by atoms with van der Waals surface area (Å²) >= 11 is 0. The minimum atomic E-state index is -0.311. The Morgan fingerprint density at radius 1 is 1.21 bits per heavy atom. The Kier molecular flexibility index (Phi) is 5.31. The fraction of sp³-hybridized carbons (Fsp3) is 0.273. The van der Waals surface area contributed by atoms with Crippen LogP contribution in [0.2, 0.25) is 0 Å². The maximum atomic E-state index is 13.9. The van der Waals surface area contributed by atoms with Crippen LogP contribution >= 0.6 is 0 Å². The number of rotatable bonds is 7. The molecule has 0 aliphatic heterocycles. The Morgan fingerprint density at radius 2 is 2.07 bits per heavy atom. The van der Waals surface area contributed by atoms with Gasteiger partial charge >= 0.3 is 0 Å². The molecule has 7 heteroatoms. The first-order valence-corrected chi connectivity index (χ1v) is 9.56. The Balaban J connectivity index is 1.67. The molecule has 4 aromatic rings. The number of aryl methyl sites for hydroxylation is 1. The molecular weight excluding hydrogens is 369 g/mol. The van der Waals surface area contributed by atoms with Crippen LogP contribution < -0.4 is 9.30 Å². The number of ether oxygens (including phenoxy) is 1. The molecule has 0 aliphatic carbocycles. The lowest BCUT2D eigenvalue weighted by Gasteiger charge is -2.12. The molecule has 1 N–H and O–H groups in total. The second-order valence-corrected chi connectivity index (χ2v) is 7.38. The molecule has 150 valence electrons. The van der Waals surface area contributed by atoms with Gasteiger partial charge in [-0.15, -0.1) is 0 Å². The van der Waals surface area contributed by atoms with Gasteiger partial charge < -0.3 is 9.64 Å². The number of aromatic amines is 1. The SMILES string of the molecule is CN(C)Cc1nn(C)c2ccc(-c3ccc(F)cc3OCC[n+]3cc[nH]c3)cc12. The largest absolute Gasteiger partial charge is 0.489 e. The molecule has 0 radical (unpaired) electrons. The Bertz CT molecular complexity index is 1120. The lowest BCUT2D eigenvalue weighted by molar-refractivity contribution is -0.696. The van der Waals surface area contributed by atoms with Crippen molar-refractivity contribution in [2.45, 2.75) is 13.1 Å². The van der Waals surface area contributed by atoms with Crippen molar-refractivity contribution in [1.82, 2.24) is 19.7 Å². The number of fused-ring (bicyclic) bond motifs is 1. The summed E-state index contributed by atoms with van der Waals surface area (Å²) in [5.74, 6) is 0.229. The van der Waals surface area contributed by atoms with Crippen LogP contribution in [0.25, 0.3) is 22.0 Å². The van der Waals surface area contributed by atoms with E-state index in [1.165, 1.54) is 12.1 Å². The van der Waals surface area contributed by atoms with E-state index in [2.05, 4.69) is 27.1 Å². The van der Waals surface area contributed by atoms with Gasteiger partial charge in [-0.25, -0.2) is 8.96 Å². The second-order valence-electron chi connectivity index (χ2n) is 7.38. The summed E-state index contributed by atoms with van der Waals surface area (Å²) in [6.07, 6.45) is 5.64. The van der Waals surface area contributed by atoms with Gasteiger partial charge in [0.25, 0.3) is 0 Å². The van der Waals surface area contributed by atoms with Gasteiger partial charge in [-0.1, -0.05) is 6.07 Å². The highest BCUT2D eigenvalue weighted by Crippen LogP contribution is 2.33. The summed E-state index contributed by atoms with van der Waals surface area (Å²) in [4.78, 5) is 5.10. The topological polar surface area (TPSA) is 50.0 Å². The van der Waals surface area contributed by atoms with Crippen LogP contribution in [0, 0.1) is 5.82 Å². The maximum Gasteiger partial charge on any atom is 0.241 e. The summed E-state index contributed by atoms with van der Waals surface area (Å²) < 4.78 is 23.7. The minimum absolute atomic E-state index is 0.311. The van der Waals surface area contributed by atoms with Crippen molar-refractivity contribution in [3.05, 3.63) is 66.6 Å². The highest BCUT2D eigenvalue weighted by molar-refractivity contribution is 5.88. The maximum absolute atomic E-state index is 13.9. The number of nitrogens with one attached hydrogen (secondary N) is 1. The van der Waals surface area contributed by atoms with Crippen LogP contribution in [0.1, 0.15) is 5.69 Å². The lowest BCUT2D eigenvalue weighted by Crippen LogP contribution is -2.33. The predicted molar refractivity (Wildman–Crippen MR) is 110 cm³/mol. The van der Waals surface area contributed by atoms with E-state index >= 15 is 0 Å². The molecule has 2 heterocycles. The monoisotopic (exact) mass is 394 g/mol. The third kappa shape index (κ3) is 4.14. The zero-order chi connectivity index (χ0) is 20.4. The average Bonchev–Trinajstić information content (AvgIpc) is 3.30. The van der Waals surface area contributed by atoms with Crippen molar-refractivity contribution in [2.75, 3.05) is 20.7 Å². The van der Waals surface area contributed by atoms with Crippen LogP contribution in [-0.4, -0.2) is 40.4 Å². The molecule has 29 heavy (non-hydrogen) atoms. The van der Waals surface area contributed by atoms with Crippen LogP contribution in [0.5, 0.6) is 5.75 Å². The van der Waals surface area contributed by atoms with E-state index in [1.54, 1.807) is 6.07 Å². The zero-order valence-electron chi connectivity index (χ0n) is 16.9. The number of H-pyrrole nitrogens is 1. The van der Waals surface area contributed by atoms with Gasteiger partial charge in [-0.3, -0.25) is 9.67 Å². The van der Waals surface area contributed by atoms with E-state index in [4.69, 9.17) is 4.74 Å².